The Morgan fingerprint density at radius 3 is 2.73 bits per heavy atom. The van der Waals surface area contributed by atoms with Crippen molar-refractivity contribution in [2.45, 2.75) is 19.5 Å². The fourth-order valence-corrected chi connectivity index (χ4v) is 7.24. The summed E-state index contributed by atoms with van der Waals surface area (Å²) in [5.41, 5.74) is 4.79. The number of carbonyl (C=O) groups is 1. The minimum absolute atomic E-state index is 0.00841. The number of hydrogen-bond donors (Lipinski definition) is 0. The molecular weight excluding hydrogens is 636 g/mol. The number of rotatable bonds is 8. The van der Waals surface area contributed by atoms with Gasteiger partial charge in [-0.2, -0.15) is 10.4 Å². The Bertz CT molecular complexity index is 2300. The monoisotopic (exact) mass is 665 g/mol. The van der Waals surface area contributed by atoms with Crippen LogP contribution in [0, 0.1) is 23.0 Å². The quantitative estimate of drug-likeness (QED) is 0.132. The molecule has 2 aromatic carbocycles. The lowest BCUT2D eigenvalue weighted by molar-refractivity contribution is -0.129. The second-order valence-electron chi connectivity index (χ2n) is 11.3. The highest BCUT2D eigenvalue weighted by Crippen LogP contribution is 2.47. The Labute approximate surface area is 278 Å². The first-order valence-corrected chi connectivity index (χ1v) is 16.0. The predicted molar refractivity (Wildman–Crippen MR) is 178 cm³/mol. The van der Waals surface area contributed by atoms with E-state index in [0.717, 1.165) is 34.3 Å². The molecule has 0 aliphatic carbocycles. The van der Waals surface area contributed by atoms with Crippen molar-refractivity contribution in [3.05, 3.63) is 83.7 Å². The molecule has 0 N–H and O–H groups in total. The molecule has 13 heteroatoms. The zero-order valence-electron chi connectivity index (χ0n) is 26.3. The Morgan fingerprint density at radius 2 is 1.96 bits per heavy atom. The topological polar surface area (TPSA) is 111 Å². The minimum atomic E-state index is -0.813. The number of ether oxygens (including phenoxy) is 2. The summed E-state index contributed by atoms with van der Waals surface area (Å²) in [6.45, 7) is 6.72. The Morgan fingerprint density at radius 1 is 1.12 bits per heavy atom. The largest absolute Gasteiger partial charge is 0.490 e. The maximum atomic E-state index is 16.1. The summed E-state index contributed by atoms with van der Waals surface area (Å²) < 4.78 is 46.0. The average molecular weight is 666 g/mol. The van der Waals surface area contributed by atoms with Crippen molar-refractivity contribution in [1.82, 2.24) is 29.2 Å². The maximum Gasteiger partial charge on any atom is 0.246 e. The molecule has 5 heterocycles. The molecule has 4 aromatic heterocycles. The lowest BCUT2D eigenvalue weighted by atomic mass is 9.96. The summed E-state index contributed by atoms with van der Waals surface area (Å²) in [6.07, 6.45) is 1.29. The van der Waals surface area contributed by atoms with Crippen molar-refractivity contribution in [2.24, 2.45) is 7.05 Å². The summed E-state index contributed by atoms with van der Waals surface area (Å²) in [5.74, 6) is -1.49. The van der Waals surface area contributed by atoms with E-state index in [1.54, 1.807) is 16.5 Å². The van der Waals surface area contributed by atoms with E-state index in [9.17, 15) is 14.4 Å². The van der Waals surface area contributed by atoms with Crippen LogP contribution in [0.3, 0.4) is 0 Å². The third-order valence-corrected chi connectivity index (χ3v) is 9.57. The van der Waals surface area contributed by atoms with E-state index in [1.165, 1.54) is 24.5 Å². The lowest BCUT2D eigenvalue weighted by Gasteiger charge is -2.33. The molecule has 0 unspecified atom stereocenters. The van der Waals surface area contributed by atoms with Crippen LogP contribution in [0.2, 0.25) is 0 Å². The smallest absolute Gasteiger partial charge is 0.246 e. The van der Waals surface area contributed by atoms with Gasteiger partial charge in [0.15, 0.2) is 0 Å². The Balaban J connectivity index is 1.50. The van der Waals surface area contributed by atoms with E-state index >= 15 is 4.39 Å². The number of methoxy groups -OCH3 is 1. The number of halogens is 2. The molecule has 0 saturated heterocycles. The van der Waals surface area contributed by atoms with Crippen molar-refractivity contribution in [2.75, 3.05) is 26.9 Å². The van der Waals surface area contributed by atoms with Crippen LogP contribution in [-0.2, 0) is 23.1 Å². The number of nitriles is 1. The Hall–Kier alpha value is -5.45. The average Bonchev–Trinajstić information content (AvgIpc) is 3.82. The summed E-state index contributed by atoms with van der Waals surface area (Å²) in [4.78, 5) is 24.0. The van der Waals surface area contributed by atoms with Gasteiger partial charge in [-0.25, -0.2) is 18.7 Å². The highest BCUT2D eigenvalue weighted by Gasteiger charge is 2.31. The van der Waals surface area contributed by atoms with Crippen LogP contribution < -0.4 is 4.74 Å². The van der Waals surface area contributed by atoms with Gasteiger partial charge >= 0.3 is 0 Å². The first-order valence-electron chi connectivity index (χ1n) is 15.1. The normalized spacial score (nSPS) is 14.3. The van der Waals surface area contributed by atoms with E-state index < -0.39 is 11.6 Å². The van der Waals surface area contributed by atoms with Gasteiger partial charge in [0, 0.05) is 54.0 Å². The SMILES string of the molecule is C=CC(=O)N1CCn2nc(-c3nc(-c4ccc5c(c4)nc(C#N)n5C)c4ccsc4c3-c3c(F)cc(F)cc3OCCOC)cc2[C@H]1C. The molecule has 7 rings (SSSR count). The van der Waals surface area contributed by atoms with Crippen LogP contribution >= 0.6 is 11.3 Å². The van der Waals surface area contributed by atoms with Gasteiger partial charge in [-0.1, -0.05) is 12.6 Å². The van der Waals surface area contributed by atoms with Crippen LogP contribution in [-0.4, -0.2) is 62.0 Å². The lowest BCUT2D eigenvalue weighted by Crippen LogP contribution is -2.40. The number of fused-ring (bicyclic) bond motifs is 3. The van der Waals surface area contributed by atoms with Gasteiger partial charge in [-0.15, -0.1) is 11.3 Å². The molecule has 242 valence electrons. The van der Waals surface area contributed by atoms with E-state index in [4.69, 9.17) is 19.6 Å². The Kier molecular flexibility index (Phi) is 7.98. The molecule has 1 atom stereocenters. The number of thiophene rings is 1. The fraction of sp³-hybridized carbons (Fsp3) is 0.229. The van der Waals surface area contributed by atoms with Crippen molar-refractivity contribution in [3.8, 4) is 45.6 Å². The van der Waals surface area contributed by atoms with E-state index in [-0.39, 0.29) is 42.3 Å². The van der Waals surface area contributed by atoms with Gasteiger partial charge in [0.05, 0.1) is 47.2 Å². The molecule has 6 aromatic rings. The van der Waals surface area contributed by atoms with Gasteiger partial charge in [-0.3, -0.25) is 9.48 Å². The zero-order chi connectivity index (χ0) is 33.7. The second-order valence-corrected chi connectivity index (χ2v) is 12.3. The van der Waals surface area contributed by atoms with E-state index in [2.05, 4.69) is 17.6 Å². The highest BCUT2D eigenvalue weighted by molar-refractivity contribution is 7.18. The summed E-state index contributed by atoms with van der Waals surface area (Å²) in [7, 11) is 3.30. The van der Waals surface area contributed by atoms with E-state index in [0.29, 0.717) is 46.0 Å². The minimum Gasteiger partial charge on any atom is -0.490 e. The molecule has 0 spiro atoms. The summed E-state index contributed by atoms with van der Waals surface area (Å²) in [6, 6.07) is 13.2. The molecule has 48 heavy (non-hydrogen) atoms. The zero-order valence-corrected chi connectivity index (χ0v) is 27.1. The highest BCUT2D eigenvalue weighted by atomic mass is 32.1. The maximum absolute atomic E-state index is 16.1. The second kappa shape index (κ2) is 12.3. The van der Waals surface area contributed by atoms with Crippen LogP contribution in [0.25, 0.3) is 54.9 Å². The number of pyridine rings is 1. The molecule has 0 bridgehead atoms. The first kappa shape index (κ1) is 31.2. The molecule has 0 radical (unpaired) electrons. The number of amides is 1. The van der Waals surface area contributed by atoms with Crippen LogP contribution in [0.4, 0.5) is 8.78 Å². The number of benzene rings is 2. The summed E-state index contributed by atoms with van der Waals surface area (Å²) in [5, 5.41) is 17.1. The van der Waals surface area contributed by atoms with Crippen molar-refractivity contribution in [1.29, 1.82) is 5.26 Å². The number of hydrogen-bond acceptors (Lipinski definition) is 8. The molecular formula is C35H29F2N7O3S. The number of imidazole rings is 1. The van der Waals surface area contributed by atoms with Crippen LogP contribution in [0.15, 0.2) is 60.5 Å². The molecule has 1 amide bonds. The number of nitrogens with zero attached hydrogens (tertiary/aromatic N) is 7. The molecule has 10 nitrogen and oxygen atoms in total. The van der Waals surface area contributed by atoms with Gasteiger partial charge in [0.25, 0.3) is 0 Å². The first-order chi connectivity index (χ1) is 23.2. The third kappa shape index (κ3) is 5.10. The third-order valence-electron chi connectivity index (χ3n) is 8.64. The van der Waals surface area contributed by atoms with E-state index in [1.807, 2.05) is 47.3 Å². The van der Waals surface area contributed by atoms with Gasteiger partial charge in [0.2, 0.25) is 11.7 Å². The van der Waals surface area contributed by atoms with Crippen LogP contribution in [0.5, 0.6) is 5.75 Å². The van der Waals surface area contributed by atoms with Gasteiger partial charge in [-0.05, 0) is 42.6 Å². The molecule has 0 saturated carbocycles. The van der Waals surface area contributed by atoms with Crippen LogP contribution in [0.1, 0.15) is 24.5 Å². The van der Waals surface area contributed by atoms with Gasteiger partial charge in [0.1, 0.15) is 41.4 Å². The number of aromatic nitrogens is 5. The molecule has 1 aliphatic heterocycles. The molecule has 0 fully saturated rings. The number of carbonyl (C=O) groups excluding carboxylic acids is 1. The van der Waals surface area contributed by atoms with Crippen molar-refractivity contribution in [3.63, 3.8) is 0 Å². The summed E-state index contributed by atoms with van der Waals surface area (Å²) >= 11 is 1.39. The molecule has 1 aliphatic rings. The predicted octanol–water partition coefficient (Wildman–Crippen LogP) is 6.64. The van der Waals surface area contributed by atoms with Crippen molar-refractivity contribution >= 4 is 38.4 Å². The standard InChI is InChI=1S/C35H29F2N7O3S/c1-5-30(45)43-9-10-44-27(19(43)2)17-25(41-44)34-32(31-23(37)15-21(36)16-28(31)47-12-11-46-4)35-22(8-13-48-35)33(40-34)20-6-7-26-24(14-20)39-29(18-38)42(26)3/h5-8,13-17,19H,1,9-12H2,2-4H3/t19-/m1/s1. The van der Waals surface area contributed by atoms with Crippen molar-refractivity contribution < 1.29 is 23.0 Å². The number of aryl methyl sites for hydroxylation is 1. The fourth-order valence-electron chi connectivity index (χ4n) is 6.29. The van der Waals surface area contributed by atoms with Gasteiger partial charge < -0.3 is 18.9 Å².